The summed E-state index contributed by atoms with van der Waals surface area (Å²) in [6.45, 7) is 4.37. The second-order valence-corrected chi connectivity index (χ2v) is 3.82. The monoisotopic (exact) mass is 244 g/mol. The van der Waals surface area contributed by atoms with E-state index >= 15 is 0 Å². The fraction of sp³-hybridized carbons (Fsp3) is 0.455. The minimum Gasteiger partial charge on any atom is -0.314 e. The second-order valence-electron chi connectivity index (χ2n) is 3.82. The molecule has 0 aromatic heterocycles. The summed E-state index contributed by atoms with van der Waals surface area (Å²) < 4.78 is 26.3. The van der Waals surface area contributed by atoms with Crippen molar-refractivity contribution < 1.29 is 13.7 Å². The summed E-state index contributed by atoms with van der Waals surface area (Å²) in [7, 11) is 0. The van der Waals surface area contributed by atoms with E-state index in [1.807, 2.05) is 6.92 Å². The predicted molar refractivity (Wildman–Crippen MR) is 59.9 cm³/mol. The summed E-state index contributed by atoms with van der Waals surface area (Å²) in [5, 5.41) is 13.7. The summed E-state index contributed by atoms with van der Waals surface area (Å²) in [4.78, 5) is 9.90. The first-order chi connectivity index (χ1) is 7.95. The van der Waals surface area contributed by atoms with Crippen molar-refractivity contribution in [3.8, 4) is 0 Å². The molecule has 1 unspecified atom stereocenters. The zero-order valence-electron chi connectivity index (χ0n) is 9.67. The maximum absolute atomic E-state index is 13.3. The van der Waals surface area contributed by atoms with Gasteiger partial charge in [-0.15, -0.1) is 0 Å². The summed E-state index contributed by atoms with van der Waals surface area (Å²) in [6, 6.07) is 1.45. The van der Waals surface area contributed by atoms with Crippen LogP contribution in [0.4, 0.5) is 14.5 Å². The Morgan fingerprint density at radius 2 is 2.12 bits per heavy atom. The van der Waals surface area contributed by atoms with Crippen molar-refractivity contribution >= 4 is 5.69 Å². The van der Waals surface area contributed by atoms with E-state index in [4.69, 9.17) is 0 Å². The molecule has 1 aromatic rings. The number of hydrogen-bond donors (Lipinski definition) is 1. The number of hydrogen-bond acceptors (Lipinski definition) is 3. The quantitative estimate of drug-likeness (QED) is 0.639. The topological polar surface area (TPSA) is 55.2 Å². The van der Waals surface area contributed by atoms with Crippen molar-refractivity contribution in [2.75, 3.05) is 6.54 Å². The van der Waals surface area contributed by atoms with Crippen LogP contribution in [0.1, 0.15) is 19.4 Å². The van der Waals surface area contributed by atoms with Crippen LogP contribution in [-0.4, -0.2) is 17.5 Å². The van der Waals surface area contributed by atoms with Crippen molar-refractivity contribution in [3.63, 3.8) is 0 Å². The van der Waals surface area contributed by atoms with Gasteiger partial charge in [0.15, 0.2) is 0 Å². The molecule has 94 valence electrons. The van der Waals surface area contributed by atoms with Crippen LogP contribution >= 0.6 is 0 Å². The van der Waals surface area contributed by atoms with E-state index in [-0.39, 0.29) is 18.0 Å². The summed E-state index contributed by atoms with van der Waals surface area (Å²) >= 11 is 0. The molecule has 0 amide bonds. The Balaban J connectivity index is 3.08. The third kappa shape index (κ3) is 3.45. The predicted octanol–water partition coefficient (Wildman–Crippen LogP) is 2.41. The maximum Gasteiger partial charge on any atom is 0.308 e. The molecule has 1 aromatic carbocycles. The highest BCUT2D eigenvalue weighted by Gasteiger charge is 2.22. The van der Waals surface area contributed by atoms with Gasteiger partial charge in [-0.25, -0.2) is 4.39 Å². The zero-order valence-corrected chi connectivity index (χ0v) is 9.67. The average molecular weight is 244 g/mol. The Bertz CT molecular complexity index is 424. The molecule has 0 spiro atoms. The molecular formula is C11H14F2N2O2. The molecule has 0 radical (unpaired) electrons. The second kappa shape index (κ2) is 5.67. The fourth-order valence-corrected chi connectivity index (χ4v) is 1.73. The summed E-state index contributed by atoms with van der Waals surface area (Å²) in [6.07, 6.45) is 0.207. The SMILES string of the molecule is CCNC(C)Cc1cc(F)cc(F)c1[N+](=O)[O-]. The standard InChI is InChI=1S/C11H14F2N2O2/c1-3-14-7(2)4-8-5-9(12)6-10(13)11(8)15(16)17/h5-7,14H,3-4H2,1-2H3. The van der Waals surface area contributed by atoms with Gasteiger partial charge in [0.2, 0.25) is 5.82 Å². The van der Waals surface area contributed by atoms with Crippen LogP contribution in [0.25, 0.3) is 0 Å². The molecule has 17 heavy (non-hydrogen) atoms. The minimum absolute atomic E-state index is 0.0703. The smallest absolute Gasteiger partial charge is 0.308 e. The lowest BCUT2D eigenvalue weighted by Gasteiger charge is -2.12. The number of nitrogens with zero attached hydrogens (tertiary/aromatic N) is 1. The van der Waals surface area contributed by atoms with Gasteiger partial charge in [-0.1, -0.05) is 6.92 Å². The molecule has 0 aliphatic rings. The van der Waals surface area contributed by atoms with Crippen LogP contribution < -0.4 is 5.32 Å². The molecule has 0 aliphatic carbocycles. The zero-order chi connectivity index (χ0) is 13.0. The first-order valence-corrected chi connectivity index (χ1v) is 5.31. The number of nitrogens with one attached hydrogen (secondary N) is 1. The van der Waals surface area contributed by atoms with E-state index in [0.717, 1.165) is 6.07 Å². The lowest BCUT2D eigenvalue weighted by atomic mass is 10.0. The molecule has 0 saturated carbocycles. The Labute approximate surface area is 97.8 Å². The maximum atomic E-state index is 13.3. The highest BCUT2D eigenvalue weighted by molar-refractivity contribution is 5.42. The van der Waals surface area contributed by atoms with Crippen LogP contribution in [0.15, 0.2) is 12.1 Å². The molecule has 0 saturated heterocycles. The van der Waals surface area contributed by atoms with Crippen LogP contribution in [0.3, 0.4) is 0 Å². The summed E-state index contributed by atoms with van der Waals surface area (Å²) in [5.74, 6) is -1.93. The molecule has 0 aliphatic heterocycles. The molecular weight excluding hydrogens is 230 g/mol. The van der Waals surface area contributed by atoms with Crippen molar-refractivity contribution in [3.05, 3.63) is 39.4 Å². The van der Waals surface area contributed by atoms with E-state index in [0.29, 0.717) is 12.6 Å². The van der Waals surface area contributed by atoms with Gasteiger partial charge in [-0.05, 0) is 26.0 Å². The van der Waals surface area contributed by atoms with E-state index in [1.54, 1.807) is 6.92 Å². The highest BCUT2D eigenvalue weighted by Crippen LogP contribution is 2.25. The van der Waals surface area contributed by atoms with Crippen LogP contribution in [0.5, 0.6) is 0 Å². The minimum atomic E-state index is -1.13. The van der Waals surface area contributed by atoms with E-state index < -0.39 is 22.2 Å². The highest BCUT2D eigenvalue weighted by atomic mass is 19.1. The van der Waals surface area contributed by atoms with Gasteiger partial charge in [0, 0.05) is 17.7 Å². The lowest BCUT2D eigenvalue weighted by Crippen LogP contribution is -2.28. The van der Waals surface area contributed by atoms with Crippen molar-refractivity contribution in [2.24, 2.45) is 0 Å². The van der Waals surface area contributed by atoms with Crippen molar-refractivity contribution in [2.45, 2.75) is 26.3 Å². The van der Waals surface area contributed by atoms with Crippen LogP contribution in [0.2, 0.25) is 0 Å². The van der Waals surface area contributed by atoms with Gasteiger partial charge in [-0.2, -0.15) is 4.39 Å². The number of benzene rings is 1. The number of nitro benzene ring substituents is 1. The Kier molecular flexibility index (Phi) is 4.51. The van der Waals surface area contributed by atoms with Gasteiger partial charge in [0.05, 0.1) is 4.92 Å². The van der Waals surface area contributed by atoms with Gasteiger partial charge in [0.1, 0.15) is 5.82 Å². The first kappa shape index (κ1) is 13.5. The third-order valence-electron chi connectivity index (χ3n) is 2.37. The molecule has 1 rings (SSSR count). The number of halogens is 2. The molecule has 4 nitrogen and oxygen atoms in total. The molecule has 0 bridgehead atoms. The van der Waals surface area contributed by atoms with Crippen LogP contribution in [-0.2, 0) is 6.42 Å². The Morgan fingerprint density at radius 1 is 1.47 bits per heavy atom. The van der Waals surface area contributed by atoms with Crippen molar-refractivity contribution in [1.29, 1.82) is 0 Å². The Hall–Kier alpha value is -1.56. The van der Waals surface area contributed by atoms with Crippen LogP contribution in [0, 0.1) is 21.7 Å². The van der Waals surface area contributed by atoms with Gasteiger partial charge in [0.25, 0.3) is 0 Å². The summed E-state index contributed by atoms with van der Waals surface area (Å²) in [5.41, 5.74) is -0.572. The normalized spacial score (nSPS) is 12.5. The number of rotatable bonds is 5. The van der Waals surface area contributed by atoms with Gasteiger partial charge in [-0.3, -0.25) is 10.1 Å². The largest absolute Gasteiger partial charge is 0.314 e. The molecule has 6 heteroatoms. The molecule has 1 atom stereocenters. The number of likely N-dealkylation sites (N-methyl/N-ethyl adjacent to an activating group) is 1. The fourth-order valence-electron chi connectivity index (χ4n) is 1.73. The van der Waals surface area contributed by atoms with Crippen molar-refractivity contribution in [1.82, 2.24) is 5.32 Å². The molecule has 1 N–H and O–H groups in total. The average Bonchev–Trinajstić information content (AvgIpc) is 2.15. The van der Waals surface area contributed by atoms with E-state index in [9.17, 15) is 18.9 Å². The number of nitro groups is 1. The first-order valence-electron chi connectivity index (χ1n) is 5.31. The van der Waals surface area contributed by atoms with E-state index in [2.05, 4.69) is 5.32 Å². The third-order valence-corrected chi connectivity index (χ3v) is 2.37. The van der Waals surface area contributed by atoms with E-state index in [1.165, 1.54) is 0 Å². The van der Waals surface area contributed by atoms with Gasteiger partial charge >= 0.3 is 5.69 Å². The lowest BCUT2D eigenvalue weighted by molar-refractivity contribution is -0.388. The molecule has 0 heterocycles. The molecule has 0 fully saturated rings. The van der Waals surface area contributed by atoms with Gasteiger partial charge < -0.3 is 5.32 Å². The Morgan fingerprint density at radius 3 is 2.65 bits per heavy atom.